The minimum Gasteiger partial charge on any atom is -0.462 e. The van der Waals surface area contributed by atoms with Gasteiger partial charge in [0, 0.05) is 19.5 Å². The van der Waals surface area contributed by atoms with E-state index in [0.29, 0.717) is 6.42 Å². The van der Waals surface area contributed by atoms with Crippen molar-refractivity contribution in [2.45, 2.75) is 180 Å². The number of carbonyl (C=O) groups is 1. The number of esters is 1. The van der Waals surface area contributed by atoms with Crippen LogP contribution in [0.2, 0.25) is 0 Å². The normalized spacial score (nSPS) is 20.1. The van der Waals surface area contributed by atoms with Gasteiger partial charge in [-0.2, -0.15) is 0 Å². The average Bonchev–Trinajstić information content (AvgIpc) is 2.92. The van der Waals surface area contributed by atoms with E-state index in [-0.39, 0.29) is 12.1 Å². The van der Waals surface area contributed by atoms with Crippen LogP contribution in [0.3, 0.4) is 0 Å². The Labute approximate surface area is 251 Å². The SMILES string of the molecule is CCCCCCCCCN(CCCCCCCC(=O)OC1CCCCCCCCCC(C)CCC1)CCN(C)C. The molecule has 1 fully saturated rings. The molecule has 2 atom stereocenters. The monoisotopic (exact) mass is 565 g/mol. The fourth-order valence-corrected chi connectivity index (χ4v) is 6.20. The van der Waals surface area contributed by atoms with Crippen LogP contribution in [-0.2, 0) is 9.53 Å². The number of hydrogen-bond donors (Lipinski definition) is 0. The van der Waals surface area contributed by atoms with Gasteiger partial charge in [-0.1, -0.05) is 123 Å². The minimum atomic E-state index is 0.0590. The van der Waals surface area contributed by atoms with E-state index >= 15 is 0 Å². The molecule has 4 nitrogen and oxygen atoms in total. The average molecular weight is 565 g/mol. The maximum atomic E-state index is 12.6. The lowest BCUT2D eigenvalue weighted by Crippen LogP contribution is -2.33. The molecule has 1 aliphatic rings. The molecule has 0 aromatic rings. The summed E-state index contributed by atoms with van der Waals surface area (Å²) >= 11 is 0. The first-order chi connectivity index (χ1) is 19.5. The van der Waals surface area contributed by atoms with E-state index in [9.17, 15) is 4.79 Å². The van der Waals surface area contributed by atoms with Crippen molar-refractivity contribution in [3.63, 3.8) is 0 Å². The lowest BCUT2D eigenvalue weighted by atomic mass is 9.94. The summed E-state index contributed by atoms with van der Waals surface area (Å²) in [5, 5.41) is 0. The third kappa shape index (κ3) is 24.0. The Morgan fingerprint density at radius 2 is 1.10 bits per heavy atom. The van der Waals surface area contributed by atoms with E-state index in [1.165, 1.54) is 148 Å². The van der Waals surface area contributed by atoms with Crippen LogP contribution in [0.5, 0.6) is 0 Å². The molecule has 0 spiro atoms. The maximum Gasteiger partial charge on any atom is 0.306 e. The summed E-state index contributed by atoms with van der Waals surface area (Å²) in [6.07, 6.45) is 31.9. The van der Waals surface area contributed by atoms with E-state index in [1.54, 1.807) is 0 Å². The smallest absolute Gasteiger partial charge is 0.306 e. The Morgan fingerprint density at radius 3 is 1.73 bits per heavy atom. The third-order valence-electron chi connectivity index (χ3n) is 9.04. The number of nitrogens with zero attached hydrogens (tertiary/aromatic N) is 2. The summed E-state index contributed by atoms with van der Waals surface area (Å²) in [5.41, 5.74) is 0. The van der Waals surface area contributed by atoms with Crippen LogP contribution in [-0.4, -0.2) is 62.1 Å². The highest BCUT2D eigenvalue weighted by molar-refractivity contribution is 5.69. The Kier molecular flexibility index (Phi) is 25.5. The number of ether oxygens (including phenoxy) is 1. The van der Waals surface area contributed by atoms with Crippen molar-refractivity contribution in [3.8, 4) is 0 Å². The molecule has 1 saturated carbocycles. The molecule has 0 aliphatic heterocycles. The molecule has 0 N–H and O–H groups in total. The maximum absolute atomic E-state index is 12.6. The van der Waals surface area contributed by atoms with Crippen LogP contribution < -0.4 is 0 Å². The molecule has 4 heteroatoms. The van der Waals surface area contributed by atoms with Gasteiger partial charge in [-0.05, 0) is 78.0 Å². The van der Waals surface area contributed by atoms with Crippen LogP contribution in [0, 0.1) is 5.92 Å². The number of carbonyl (C=O) groups excluding carboxylic acids is 1. The molecule has 0 heterocycles. The zero-order valence-electron chi connectivity index (χ0n) is 27.9. The highest BCUT2D eigenvalue weighted by Gasteiger charge is 2.15. The van der Waals surface area contributed by atoms with Gasteiger partial charge in [-0.25, -0.2) is 0 Å². The van der Waals surface area contributed by atoms with Crippen LogP contribution in [0.25, 0.3) is 0 Å². The first-order valence-electron chi connectivity index (χ1n) is 18.1. The van der Waals surface area contributed by atoms with Gasteiger partial charge in [0.25, 0.3) is 0 Å². The Bertz CT molecular complexity index is 553. The standard InChI is InChI=1S/C36H72N2O2/c1-5-6-7-8-12-17-22-30-38(33-32-37(3)4)31-23-18-13-16-21-29-36(39)40-35-27-20-15-11-9-10-14-19-25-34(2)26-24-28-35/h34-35H,5-33H2,1-4H3. The van der Waals surface area contributed by atoms with Crippen LogP contribution >= 0.6 is 0 Å². The van der Waals surface area contributed by atoms with E-state index in [1.807, 2.05) is 0 Å². The van der Waals surface area contributed by atoms with Crippen molar-refractivity contribution in [1.82, 2.24) is 9.80 Å². The number of unbranched alkanes of at least 4 members (excludes halogenated alkanes) is 10. The number of likely N-dealkylation sites (N-methyl/N-ethyl adjacent to an activating group) is 1. The molecule has 0 aromatic carbocycles. The van der Waals surface area contributed by atoms with Crippen molar-refractivity contribution < 1.29 is 9.53 Å². The highest BCUT2D eigenvalue weighted by atomic mass is 16.5. The van der Waals surface area contributed by atoms with E-state index in [0.717, 1.165) is 38.1 Å². The van der Waals surface area contributed by atoms with Crippen molar-refractivity contribution in [2.24, 2.45) is 5.92 Å². The van der Waals surface area contributed by atoms with E-state index in [4.69, 9.17) is 4.74 Å². The first-order valence-corrected chi connectivity index (χ1v) is 18.1. The van der Waals surface area contributed by atoms with Gasteiger partial charge in [0.1, 0.15) is 6.10 Å². The Balaban J connectivity index is 2.19. The van der Waals surface area contributed by atoms with Crippen molar-refractivity contribution in [2.75, 3.05) is 40.3 Å². The van der Waals surface area contributed by atoms with Crippen LogP contribution in [0.4, 0.5) is 0 Å². The van der Waals surface area contributed by atoms with Gasteiger partial charge in [-0.15, -0.1) is 0 Å². The number of rotatable bonds is 20. The molecular weight excluding hydrogens is 492 g/mol. The van der Waals surface area contributed by atoms with Gasteiger partial charge in [0.05, 0.1) is 0 Å². The largest absolute Gasteiger partial charge is 0.462 e. The fourth-order valence-electron chi connectivity index (χ4n) is 6.20. The fraction of sp³-hybridized carbons (Fsp3) is 0.972. The molecule has 0 radical (unpaired) electrons. The molecule has 1 aliphatic carbocycles. The van der Waals surface area contributed by atoms with Gasteiger partial charge in [0.15, 0.2) is 0 Å². The van der Waals surface area contributed by atoms with Gasteiger partial charge in [-0.3, -0.25) is 4.79 Å². The molecule has 238 valence electrons. The van der Waals surface area contributed by atoms with Crippen LogP contribution in [0.15, 0.2) is 0 Å². The molecule has 0 amide bonds. The summed E-state index contributed by atoms with van der Waals surface area (Å²) < 4.78 is 6.02. The lowest BCUT2D eigenvalue weighted by Gasteiger charge is -2.24. The van der Waals surface area contributed by atoms with Gasteiger partial charge in [0.2, 0.25) is 0 Å². The quantitative estimate of drug-likeness (QED) is 0.109. The highest BCUT2D eigenvalue weighted by Crippen LogP contribution is 2.22. The van der Waals surface area contributed by atoms with Gasteiger partial charge < -0.3 is 14.5 Å². The molecule has 1 rings (SSSR count). The van der Waals surface area contributed by atoms with Crippen LogP contribution in [0.1, 0.15) is 174 Å². The summed E-state index contributed by atoms with van der Waals surface area (Å²) in [7, 11) is 4.36. The molecule has 0 aromatic heterocycles. The molecule has 40 heavy (non-hydrogen) atoms. The summed E-state index contributed by atoms with van der Waals surface area (Å²) in [6.45, 7) is 9.53. The molecule has 2 unspecified atom stereocenters. The summed E-state index contributed by atoms with van der Waals surface area (Å²) in [6, 6.07) is 0. The van der Waals surface area contributed by atoms with Crippen molar-refractivity contribution in [1.29, 1.82) is 0 Å². The first kappa shape index (κ1) is 37.4. The van der Waals surface area contributed by atoms with Crippen molar-refractivity contribution in [3.05, 3.63) is 0 Å². The van der Waals surface area contributed by atoms with Gasteiger partial charge >= 0.3 is 5.97 Å². The summed E-state index contributed by atoms with van der Waals surface area (Å²) in [5.74, 6) is 0.878. The second kappa shape index (κ2) is 27.2. The minimum absolute atomic E-state index is 0.0590. The molecular formula is C36H72N2O2. The Morgan fingerprint density at radius 1 is 0.600 bits per heavy atom. The van der Waals surface area contributed by atoms with E-state index < -0.39 is 0 Å². The zero-order valence-corrected chi connectivity index (χ0v) is 27.9. The Hall–Kier alpha value is -0.610. The number of hydrogen-bond acceptors (Lipinski definition) is 4. The predicted molar refractivity (Wildman–Crippen MR) is 175 cm³/mol. The van der Waals surface area contributed by atoms with E-state index in [2.05, 4.69) is 37.7 Å². The lowest BCUT2D eigenvalue weighted by molar-refractivity contribution is -0.150. The summed E-state index contributed by atoms with van der Waals surface area (Å²) in [4.78, 5) is 17.6. The van der Waals surface area contributed by atoms with Crippen molar-refractivity contribution >= 4 is 5.97 Å². The topological polar surface area (TPSA) is 32.8 Å². The molecule has 0 saturated heterocycles. The second-order valence-electron chi connectivity index (χ2n) is 13.5. The predicted octanol–water partition coefficient (Wildman–Crippen LogP) is 10.2. The zero-order chi connectivity index (χ0) is 29.1. The molecule has 0 bridgehead atoms. The third-order valence-corrected chi connectivity index (χ3v) is 9.04. The second-order valence-corrected chi connectivity index (χ2v) is 13.5.